The van der Waals surface area contributed by atoms with Gasteiger partial charge in [-0.25, -0.2) is 0 Å². The molecule has 21 heavy (non-hydrogen) atoms. The molecule has 118 valence electrons. The summed E-state index contributed by atoms with van der Waals surface area (Å²) >= 11 is 0. The van der Waals surface area contributed by atoms with Crippen LogP contribution >= 0.6 is 0 Å². The highest BCUT2D eigenvalue weighted by atomic mass is 16.5. The Morgan fingerprint density at radius 2 is 1.76 bits per heavy atom. The van der Waals surface area contributed by atoms with Crippen molar-refractivity contribution in [1.29, 1.82) is 0 Å². The number of rotatable bonds is 4. The molecule has 0 unspecified atom stereocenters. The zero-order valence-corrected chi connectivity index (χ0v) is 14.4. The molecule has 1 heterocycles. The Morgan fingerprint density at radius 3 is 2.33 bits per heavy atom. The van der Waals surface area contributed by atoms with Gasteiger partial charge in [-0.2, -0.15) is 0 Å². The van der Waals surface area contributed by atoms with E-state index in [1.807, 2.05) is 0 Å². The maximum atomic E-state index is 6.01. The van der Waals surface area contributed by atoms with Crippen molar-refractivity contribution in [3.63, 3.8) is 0 Å². The lowest BCUT2D eigenvalue weighted by Crippen LogP contribution is -3.27. The summed E-state index contributed by atoms with van der Waals surface area (Å²) in [4.78, 5) is 3.35. The Balaban J connectivity index is 1.83. The molecular formula is C18H32N2O+2. The Morgan fingerprint density at radius 1 is 1.10 bits per heavy atom. The first kappa shape index (κ1) is 16.3. The van der Waals surface area contributed by atoms with E-state index >= 15 is 0 Å². The molecule has 0 aromatic heterocycles. The van der Waals surface area contributed by atoms with Gasteiger partial charge < -0.3 is 14.5 Å². The molecule has 3 nitrogen and oxygen atoms in total. The van der Waals surface area contributed by atoms with Gasteiger partial charge in [-0.3, -0.25) is 0 Å². The van der Waals surface area contributed by atoms with Crippen LogP contribution in [0.4, 0.5) is 0 Å². The van der Waals surface area contributed by atoms with E-state index < -0.39 is 0 Å². The van der Waals surface area contributed by atoms with E-state index in [0.29, 0.717) is 0 Å². The van der Waals surface area contributed by atoms with Crippen molar-refractivity contribution < 1.29 is 14.5 Å². The number of hydrogen-bond acceptors (Lipinski definition) is 1. The molecule has 1 aliphatic heterocycles. The molecule has 1 aliphatic rings. The second-order valence-corrected chi connectivity index (χ2v) is 7.54. The van der Waals surface area contributed by atoms with Crippen LogP contribution in [0, 0.1) is 6.92 Å². The molecule has 1 aromatic rings. The fraction of sp³-hybridized carbons (Fsp3) is 0.667. The van der Waals surface area contributed by atoms with Crippen molar-refractivity contribution in [2.75, 3.05) is 46.4 Å². The van der Waals surface area contributed by atoms with Crippen LogP contribution in [0.25, 0.3) is 0 Å². The molecule has 0 saturated carbocycles. The van der Waals surface area contributed by atoms with Crippen LogP contribution in [0.3, 0.4) is 0 Å². The molecule has 2 rings (SSSR count). The molecule has 1 aromatic carbocycles. The van der Waals surface area contributed by atoms with Gasteiger partial charge in [-0.05, 0) is 29.5 Å². The fourth-order valence-electron chi connectivity index (χ4n) is 2.86. The molecule has 0 amide bonds. The third-order valence-corrected chi connectivity index (χ3v) is 4.56. The van der Waals surface area contributed by atoms with Crippen molar-refractivity contribution >= 4 is 0 Å². The van der Waals surface area contributed by atoms with E-state index in [0.717, 1.165) is 18.9 Å². The number of quaternary nitrogens is 2. The van der Waals surface area contributed by atoms with Crippen LogP contribution in [0.15, 0.2) is 18.2 Å². The average molecular weight is 292 g/mol. The van der Waals surface area contributed by atoms with Crippen LogP contribution in [0.5, 0.6) is 5.75 Å². The molecular weight excluding hydrogens is 260 g/mol. The second-order valence-electron chi connectivity index (χ2n) is 7.54. The highest BCUT2D eigenvalue weighted by molar-refractivity contribution is 5.38. The van der Waals surface area contributed by atoms with Gasteiger partial charge in [0.25, 0.3) is 0 Å². The van der Waals surface area contributed by atoms with Crippen LogP contribution < -0.4 is 14.5 Å². The number of piperazine rings is 1. The highest BCUT2D eigenvalue weighted by Crippen LogP contribution is 2.27. The number of ether oxygens (including phenoxy) is 1. The monoisotopic (exact) mass is 292 g/mol. The van der Waals surface area contributed by atoms with E-state index in [1.165, 1.54) is 37.3 Å². The van der Waals surface area contributed by atoms with Crippen molar-refractivity contribution in [2.45, 2.75) is 33.1 Å². The number of hydrogen-bond donors (Lipinski definition) is 2. The second kappa shape index (κ2) is 6.80. The first-order valence-electron chi connectivity index (χ1n) is 8.25. The van der Waals surface area contributed by atoms with Gasteiger partial charge in [0, 0.05) is 0 Å². The molecule has 3 heteroatoms. The predicted molar refractivity (Wildman–Crippen MR) is 87.6 cm³/mol. The lowest BCUT2D eigenvalue weighted by atomic mass is 9.86. The number of likely N-dealkylation sites (N-methyl/N-ethyl adjacent to an activating group) is 1. The summed E-state index contributed by atoms with van der Waals surface area (Å²) in [6.07, 6.45) is 0. The Bertz CT molecular complexity index is 457. The number of aryl methyl sites for hydroxylation is 1. The Hall–Kier alpha value is -1.06. The minimum atomic E-state index is 0.204. The van der Waals surface area contributed by atoms with Crippen LogP contribution in [0.1, 0.15) is 31.9 Å². The average Bonchev–Trinajstić information content (AvgIpc) is 2.41. The zero-order chi connectivity index (χ0) is 15.5. The van der Waals surface area contributed by atoms with Gasteiger partial charge in [0.1, 0.15) is 45.1 Å². The minimum Gasteiger partial charge on any atom is -0.487 e. The normalized spacial score (nSPS) is 23.1. The summed E-state index contributed by atoms with van der Waals surface area (Å²) in [6.45, 7) is 16.0. The van der Waals surface area contributed by atoms with Crippen molar-refractivity contribution in [3.8, 4) is 5.75 Å². The fourth-order valence-corrected chi connectivity index (χ4v) is 2.86. The van der Waals surface area contributed by atoms with Crippen LogP contribution in [0.2, 0.25) is 0 Å². The predicted octanol–water partition coefficient (Wildman–Crippen LogP) is 0.0845. The minimum absolute atomic E-state index is 0.204. The zero-order valence-electron chi connectivity index (χ0n) is 14.4. The van der Waals surface area contributed by atoms with E-state index in [4.69, 9.17) is 4.74 Å². The summed E-state index contributed by atoms with van der Waals surface area (Å²) < 4.78 is 6.01. The smallest absolute Gasteiger partial charge is 0.137 e. The molecule has 1 fully saturated rings. The summed E-state index contributed by atoms with van der Waals surface area (Å²) in [5, 5.41) is 0. The lowest BCUT2D eigenvalue weighted by molar-refractivity contribution is -1.00. The van der Waals surface area contributed by atoms with Crippen molar-refractivity contribution in [1.82, 2.24) is 0 Å². The van der Waals surface area contributed by atoms with E-state index in [-0.39, 0.29) is 5.41 Å². The van der Waals surface area contributed by atoms with E-state index in [1.54, 1.807) is 9.80 Å². The van der Waals surface area contributed by atoms with Crippen molar-refractivity contribution in [3.05, 3.63) is 29.3 Å². The summed E-state index contributed by atoms with van der Waals surface area (Å²) in [7, 11) is 2.29. The van der Waals surface area contributed by atoms with Gasteiger partial charge in [0.15, 0.2) is 0 Å². The maximum absolute atomic E-state index is 6.01. The highest BCUT2D eigenvalue weighted by Gasteiger charge is 2.19. The van der Waals surface area contributed by atoms with E-state index in [2.05, 4.69) is 52.9 Å². The number of benzene rings is 1. The van der Waals surface area contributed by atoms with Crippen LogP contribution in [-0.2, 0) is 5.41 Å². The third-order valence-electron chi connectivity index (χ3n) is 4.56. The number of nitrogens with one attached hydrogen (secondary N) is 2. The lowest BCUT2D eigenvalue weighted by Gasteiger charge is -2.27. The first-order valence-corrected chi connectivity index (χ1v) is 8.25. The molecule has 2 N–H and O–H groups in total. The maximum Gasteiger partial charge on any atom is 0.137 e. The largest absolute Gasteiger partial charge is 0.487 e. The molecule has 0 aliphatic carbocycles. The van der Waals surface area contributed by atoms with Gasteiger partial charge in [-0.1, -0.05) is 32.9 Å². The van der Waals surface area contributed by atoms with Gasteiger partial charge in [0.05, 0.1) is 7.05 Å². The molecule has 0 bridgehead atoms. The van der Waals surface area contributed by atoms with Crippen molar-refractivity contribution in [2.24, 2.45) is 0 Å². The Kier molecular flexibility index (Phi) is 5.28. The van der Waals surface area contributed by atoms with E-state index in [9.17, 15) is 0 Å². The first-order chi connectivity index (χ1) is 9.86. The molecule has 0 spiro atoms. The summed E-state index contributed by atoms with van der Waals surface area (Å²) in [6, 6.07) is 6.61. The molecule has 0 atom stereocenters. The molecule has 1 saturated heterocycles. The van der Waals surface area contributed by atoms with Gasteiger partial charge in [0.2, 0.25) is 0 Å². The third kappa shape index (κ3) is 4.72. The standard InChI is InChI=1S/C18H30N2O/c1-15-14-16(18(2,3)4)6-7-17(15)21-13-12-20-10-8-19(5)9-11-20/h6-7,14H,8-13H2,1-5H3/p+2. The topological polar surface area (TPSA) is 18.1 Å². The Labute approximate surface area is 129 Å². The summed E-state index contributed by atoms with van der Waals surface area (Å²) in [5.74, 6) is 1.04. The van der Waals surface area contributed by atoms with Gasteiger partial charge in [-0.15, -0.1) is 0 Å². The summed E-state index contributed by atoms with van der Waals surface area (Å²) in [5.41, 5.74) is 2.83. The molecule has 0 radical (unpaired) electrons. The SMILES string of the molecule is Cc1cc(C(C)(C)C)ccc1OCC[NH+]1CC[NH+](C)CC1. The van der Waals surface area contributed by atoms with Crippen LogP contribution in [-0.4, -0.2) is 46.4 Å². The quantitative estimate of drug-likeness (QED) is 0.805. The van der Waals surface area contributed by atoms with Gasteiger partial charge >= 0.3 is 0 Å².